The third-order valence-electron chi connectivity index (χ3n) is 4.84. The van der Waals surface area contributed by atoms with Gasteiger partial charge in [-0.05, 0) is 31.1 Å². The lowest BCUT2D eigenvalue weighted by Gasteiger charge is -2.38. The summed E-state index contributed by atoms with van der Waals surface area (Å²) in [7, 11) is 2.03. The molecule has 1 heterocycles. The van der Waals surface area contributed by atoms with Crippen LogP contribution in [0.1, 0.15) is 64.3 Å². The fourth-order valence-electron chi connectivity index (χ4n) is 3.51. The van der Waals surface area contributed by atoms with Gasteiger partial charge < -0.3 is 5.32 Å². The third kappa shape index (κ3) is 4.01. The monoisotopic (exact) mass is 311 g/mol. The van der Waals surface area contributed by atoms with Crippen molar-refractivity contribution in [3.8, 4) is 0 Å². The molecule has 1 aliphatic rings. The average molecular weight is 312 g/mol. The molecule has 0 saturated heterocycles. The van der Waals surface area contributed by atoms with E-state index in [1.165, 1.54) is 37.8 Å². The van der Waals surface area contributed by atoms with Crippen LogP contribution in [0.15, 0.2) is 0 Å². The minimum Gasteiger partial charge on any atom is -0.314 e. The van der Waals surface area contributed by atoms with Crippen molar-refractivity contribution in [2.45, 2.75) is 71.8 Å². The van der Waals surface area contributed by atoms with E-state index in [2.05, 4.69) is 31.2 Å². The fourth-order valence-corrected chi connectivity index (χ4v) is 3.87. The zero-order valence-electron chi connectivity index (χ0n) is 14.0. The zero-order chi connectivity index (χ0) is 15.5. The summed E-state index contributed by atoms with van der Waals surface area (Å²) in [5.41, 5.74) is 2.61. The van der Waals surface area contributed by atoms with E-state index in [1.54, 1.807) is 0 Å². The molecule has 0 unspecified atom stereocenters. The van der Waals surface area contributed by atoms with E-state index in [0.717, 1.165) is 30.1 Å². The van der Waals surface area contributed by atoms with Crippen molar-refractivity contribution in [2.75, 3.05) is 6.54 Å². The summed E-state index contributed by atoms with van der Waals surface area (Å²) in [6.45, 7) is 7.66. The van der Waals surface area contributed by atoms with Crippen molar-refractivity contribution in [1.29, 1.82) is 0 Å². The Labute approximate surface area is 134 Å². The first-order valence-corrected chi connectivity index (χ1v) is 8.79. The van der Waals surface area contributed by atoms with Crippen molar-refractivity contribution >= 4 is 11.6 Å². The van der Waals surface area contributed by atoms with E-state index >= 15 is 0 Å². The van der Waals surface area contributed by atoms with Gasteiger partial charge >= 0.3 is 0 Å². The first kappa shape index (κ1) is 16.8. The fraction of sp³-hybridized carbons (Fsp3) is 0.824. The number of hydrogen-bond acceptors (Lipinski definition) is 2. The summed E-state index contributed by atoms with van der Waals surface area (Å²) >= 11 is 6.57. The molecule has 120 valence electrons. The molecule has 1 saturated carbocycles. The van der Waals surface area contributed by atoms with Gasteiger partial charge in [0.2, 0.25) is 0 Å². The second-order valence-corrected chi connectivity index (χ2v) is 7.34. The van der Waals surface area contributed by atoms with Crippen LogP contribution >= 0.6 is 11.6 Å². The molecule has 0 atom stereocenters. The normalized spacial score (nSPS) is 18.4. The topological polar surface area (TPSA) is 29.9 Å². The Morgan fingerprint density at radius 1 is 1.29 bits per heavy atom. The molecular weight excluding hydrogens is 282 g/mol. The molecule has 0 bridgehead atoms. The van der Waals surface area contributed by atoms with Crippen molar-refractivity contribution in [1.82, 2.24) is 15.1 Å². The molecular formula is C17H30ClN3. The van der Waals surface area contributed by atoms with Crippen LogP contribution in [-0.2, 0) is 19.9 Å². The number of hydrogen-bond donors (Lipinski definition) is 1. The minimum absolute atomic E-state index is 0.352. The highest BCUT2D eigenvalue weighted by Crippen LogP contribution is 2.40. The SMILES string of the molecule is CCc1nn(C)c(CC2(CNC(C)C)CCCCC2)c1Cl. The molecule has 1 N–H and O–H groups in total. The summed E-state index contributed by atoms with van der Waals surface area (Å²) in [6, 6.07) is 0.539. The highest BCUT2D eigenvalue weighted by molar-refractivity contribution is 6.31. The van der Waals surface area contributed by atoms with Gasteiger partial charge in [0.1, 0.15) is 0 Å². The van der Waals surface area contributed by atoms with Crippen LogP contribution in [0.2, 0.25) is 5.02 Å². The van der Waals surface area contributed by atoms with Gasteiger partial charge in [-0.15, -0.1) is 0 Å². The van der Waals surface area contributed by atoms with Crippen LogP contribution in [0.4, 0.5) is 0 Å². The number of aryl methyl sites for hydroxylation is 2. The Balaban J connectivity index is 2.20. The molecule has 1 aromatic rings. The predicted molar refractivity (Wildman–Crippen MR) is 90.0 cm³/mol. The van der Waals surface area contributed by atoms with Crippen molar-refractivity contribution < 1.29 is 0 Å². The third-order valence-corrected chi connectivity index (χ3v) is 5.28. The molecule has 1 aliphatic carbocycles. The molecule has 0 spiro atoms. The maximum absolute atomic E-state index is 6.57. The Kier molecular flexibility index (Phi) is 5.73. The van der Waals surface area contributed by atoms with Crippen LogP contribution < -0.4 is 5.32 Å². The second kappa shape index (κ2) is 7.15. The first-order chi connectivity index (χ1) is 9.97. The molecule has 0 radical (unpaired) electrons. The number of nitrogens with one attached hydrogen (secondary N) is 1. The van der Waals surface area contributed by atoms with E-state index in [-0.39, 0.29) is 0 Å². The van der Waals surface area contributed by atoms with E-state index in [1.807, 2.05) is 11.7 Å². The van der Waals surface area contributed by atoms with Gasteiger partial charge in [-0.2, -0.15) is 5.10 Å². The summed E-state index contributed by atoms with van der Waals surface area (Å²) < 4.78 is 2.01. The second-order valence-electron chi connectivity index (χ2n) is 6.96. The summed E-state index contributed by atoms with van der Waals surface area (Å²) in [5.74, 6) is 0. The maximum Gasteiger partial charge on any atom is 0.0849 e. The van der Waals surface area contributed by atoms with Crippen molar-refractivity contribution in [3.63, 3.8) is 0 Å². The van der Waals surface area contributed by atoms with Crippen LogP contribution in [0.25, 0.3) is 0 Å². The predicted octanol–water partition coefficient (Wildman–Crippen LogP) is 4.13. The smallest absolute Gasteiger partial charge is 0.0849 e. The molecule has 0 amide bonds. The number of aromatic nitrogens is 2. The quantitative estimate of drug-likeness (QED) is 0.856. The molecule has 3 nitrogen and oxygen atoms in total. The van der Waals surface area contributed by atoms with Gasteiger partial charge in [-0.1, -0.05) is 51.6 Å². The summed E-state index contributed by atoms with van der Waals surface area (Å²) in [5, 5.41) is 9.15. The lowest BCUT2D eigenvalue weighted by Crippen LogP contribution is -2.41. The van der Waals surface area contributed by atoms with Crippen LogP contribution in [0, 0.1) is 5.41 Å². The number of rotatable bonds is 6. The highest BCUT2D eigenvalue weighted by atomic mass is 35.5. The zero-order valence-corrected chi connectivity index (χ0v) is 14.8. The standard InChI is InChI=1S/C17H30ClN3/c1-5-14-16(18)15(21(4)20-14)11-17(12-19-13(2)3)9-7-6-8-10-17/h13,19H,5-12H2,1-4H3. The lowest BCUT2D eigenvalue weighted by molar-refractivity contribution is 0.173. The molecule has 1 fully saturated rings. The molecule has 21 heavy (non-hydrogen) atoms. The first-order valence-electron chi connectivity index (χ1n) is 8.41. The van der Waals surface area contributed by atoms with E-state index in [0.29, 0.717) is 11.5 Å². The number of nitrogens with zero attached hydrogens (tertiary/aromatic N) is 2. The summed E-state index contributed by atoms with van der Waals surface area (Å²) in [6.07, 6.45) is 8.62. The van der Waals surface area contributed by atoms with Gasteiger partial charge in [0.25, 0.3) is 0 Å². The Hall–Kier alpha value is -0.540. The van der Waals surface area contributed by atoms with Gasteiger partial charge in [-0.25, -0.2) is 0 Å². The highest BCUT2D eigenvalue weighted by Gasteiger charge is 2.34. The van der Waals surface area contributed by atoms with Gasteiger partial charge in [0.05, 0.1) is 16.4 Å². The van der Waals surface area contributed by atoms with Crippen LogP contribution in [0.3, 0.4) is 0 Å². The van der Waals surface area contributed by atoms with Crippen LogP contribution in [-0.4, -0.2) is 22.4 Å². The van der Waals surface area contributed by atoms with Crippen LogP contribution in [0.5, 0.6) is 0 Å². The van der Waals surface area contributed by atoms with Crippen molar-refractivity contribution in [2.24, 2.45) is 12.5 Å². The molecule has 2 rings (SSSR count). The molecule has 0 aliphatic heterocycles. The Bertz CT molecular complexity index is 459. The van der Waals surface area contributed by atoms with E-state index < -0.39 is 0 Å². The Morgan fingerprint density at radius 2 is 1.95 bits per heavy atom. The largest absolute Gasteiger partial charge is 0.314 e. The van der Waals surface area contributed by atoms with Gasteiger partial charge in [-0.3, -0.25) is 4.68 Å². The van der Waals surface area contributed by atoms with Crippen molar-refractivity contribution in [3.05, 3.63) is 16.4 Å². The molecule has 0 aromatic carbocycles. The molecule has 4 heteroatoms. The van der Waals surface area contributed by atoms with Gasteiger partial charge in [0.15, 0.2) is 0 Å². The average Bonchev–Trinajstić information content (AvgIpc) is 2.74. The number of halogens is 1. The van der Waals surface area contributed by atoms with E-state index in [9.17, 15) is 0 Å². The Morgan fingerprint density at radius 3 is 2.48 bits per heavy atom. The van der Waals surface area contributed by atoms with E-state index in [4.69, 9.17) is 11.6 Å². The maximum atomic E-state index is 6.57. The summed E-state index contributed by atoms with van der Waals surface area (Å²) in [4.78, 5) is 0. The molecule has 1 aromatic heterocycles. The lowest BCUT2D eigenvalue weighted by atomic mass is 9.71. The minimum atomic E-state index is 0.352. The van der Waals surface area contributed by atoms with Gasteiger partial charge in [0, 0.05) is 19.6 Å².